The summed E-state index contributed by atoms with van der Waals surface area (Å²) < 4.78 is 27.4. The first-order chi connectivity index (χ1) is 13.4. The molecular formula is C21H24N4O2S. The van der Waals surface area contributed by atoms with Crippen molar-refractivity contribution in [1.29, 1.82) is 0 Å². The van der Waals surface area contributed by atoms with E-state index in [1.54, 1.807) is 6.20 Å². The average Bonchev–Trinajstić information content (AvgIpc) is 3.17. The summed E-state index contributed by atoms with van der Waals surface area (Å²) >= 11 is 0. The van der Waals surface area contributed by atoms with E-state index in [0.717, 1.165) is 19.5 Å². The number of nitrogens with zero attached hydrogens (tertiary/aromatic N) is 4. The van der Waals surface area contributed by atoms with E-state index in [1.165, 1.54) is 50.8 Å². The quantitative estimate of drug-likeness (QED) is 0.665. The molecule has 0 unspecified atom stereocenters. The zero-order valence-electron chi connectivity index (χ0n) is 16.1. The molecule has 0 bridgehead atoms. The Morgan fingerprint density at radius 2 is 1.82 bits per heavy atom. The fourth-order valence-corrected chi connectivity index (χ4v) is 4.51. The lowest BCUT2D eigenvalue weighted by molar-refractivity contribution is 0.239. The second kappa shape index (κ2) is 7.50. The summed E-state index contributed by atoms with van der Waals surface area (Å²) in [5.74, 6) is 0.538. The van der Waals surface area contributed by atoms with E-state index in [0.29, 0.717) is 12.4 Å². The van der Waals surface area contributed by atoms with Crippen LogP contribution in [0.2, 0.25) is 0 Å². The first-order valence-corrected chi connectivity index (χ1v) is 10.7. The monoisotopic (exact) mass is 396 g/mol. The molecule has 6 nitrogen and oxygen atoms in total. The van der Waals surface area contributed by atoms with Crippen molar-refractivity contribution in [2.45, 2.75) is 19.5 Å². The van der Waals surface area contributed by atoms with E-state index < -0.39 is 10.2 Å². The zero-order chi connectivity index (χ0) is 19.7. The van der Waals surface area contributed by atoms with Gasteiger partial charge in [-0.25, -0.2) is 8.96 Å². The van der Waals surface area contributed by atoms with Crippen LogP contribution in [0, 0.1) is 0 Å². The summed E-state index contributed by atoms with van der Waals surface area (Å²) in [6, 6.07) is 17.0. The Morgan fingerprint density at radius 1 is 1.04 bits per heavy atom. The van der Waals surface area contributed by atoms with Gasteiger partial charge in [-0.05, 0) is 34.7 Å². The van der Waals surface area contributed by atoms with Crippen molar-refractivity contribution < 1.29 is 8.42 Å². The first kappa shape index (κ1) is 18.9. The van der Waals surface area contributed by atoms with Gasteiger partial charge >= 0.3 is 10.2 Å². The van der Waals surface area contributed by atoms with Gasteiger partial charge in [-0.1, -0.05) is 42.5 Å². The SMILES string of the molecule is CN(C)S(=O)(=O)n1ccnc1CN1CCc2ccc(-c3ccccc3)cc2C1. The summed E-state index contributed by atoms with van der Waals surface area (Å²) in [6.07, 6.45) is 4.00. The fraction of sp³-hybridized carbons (Fsp3) is 0.286. The molecule has 0 N–H and O–H groups in total. The number of benzene rings is 2. The Bertz CT molecular complexity index is 1070. The number of hydrogen-bond acceptors (Lipinski definition) is 4. The van der Waals surface area contributed by atoms with Crippen molar-refractivity contribution in [3.8, 4) is 11.1 Å². The molecule has 1 aromatic heterocycles. The van der Waals surface area contributed by atoms with Crippen LogP contribution in [-0.4, -0.2) is 47.2 Å². The maximum Gasteiger partial charge on any atom is 0.308 e. The topological polar surface area (TPSA) is 58.4 Å². The molecule has 0 saturated carbocycles. The molecule has 3 aromatic rings. The van der Waals surface area contributed by atoms with Crippen LogP contribution in [-0.2, 0) is 29.7 Å². The first-order valence-electron chi connectivity index (χ1n) is 9.30. The van der Waals surface area contributed by atoms with E-state index in [4.69, 9.17) is 0 Å². The maximum atomic E-state index is 12.5. The Morgan fingerprint density at radius 3 is 2.57 bits per heavy atom. The summed E-state index contributed by atoms with van der Waals surface area (Å²) in [4.78, 5) is 6.55. The van der Waals surface area contributed by atoms with E-state index in [9.17, 15) is 8.42 Å². The minimum atomic E-state index is -3.56. The van der Waals surface area contributed by atoms with Crippen molar-refractivity contribution in [1.82, 2.24) is 18.2 Å². The van der Waals surface area contributed by atoms with E-state index in [2.05, 4.69) is 40.2 Å². The minimum absolute atomic E-state index is 0.495. The van der Waals surface area contributed by atoms with Gasteiger partial charge in [0.25, 0.3) is 0 Å². The molecule has 2 heterocycles. The van der Waals surface area contributed by atoms with Gasteiger partial charge in [-0.15, -0.1) is 0 Å². The Balaban J connectivity index is 1.56. The van der Waals surface area contributed by atoms with Crippen molar-refractivity contribution >= 4 is 10.2 Å². The lowest BCUT2D eigenvalue weighted by Gasteiger charge is -2.29. The van der Waals surface area contributed by atoms with Gasteiger partial charge in [0.15, 0.2) is 0 Å². The summed E-state index contributed by atoms with van der Waals surface area (Å²) in [6.45, 7) is 2.16. The second-order valence-electron chi connectivity index (χ2n) is 7.24. The standard InChI is InChI=1S/C21H24N4O2S/c1-23(2)28(26,27)25-13-11-22-21(25)16-24-12-10-18-8-9-19(14-20(18)15-24)17-6-4-3-5-7-17/h3-9,11,13-14H,10,12,15-16H2,1-2H3. The average molecular weight is 397 g/mol. The third kappa shape index (κ3) is 3.61. The number of imidazole rings is 1. The van der Waals surface area contributed by atoms with Gasteiger partial charge in [-0.2, -0.15) is 12.7 Å². The molecule has 0 amide bonds. The van der Waals surface area contributed by atoms with Crippen molar-refractivity contribution in [3.05, 3.63) is 77.9 Å². The highest BCUT2D eigenvalue weighted by molar-refractivity contribution is 7.87. The largest absolute Gasteiger partial charge is 0.308 e. The van der Waals surface area contributed by atoms with Crippen molar-refractivity contribution in [2.75, 3.05) is 20.6 Å². The lowest BCUT2D eigenvalue weighted by atomic mass is 9.95. The fourth-order valence-electron chi connectivity index (χ4n) is 3.58. The molecule has 2 aromatic carbocycles. The highest BCUT2D eigenvalue weighted by Crippen LogP contribution is 2.27. The van der Waals surface area contributed by atoms with Gasteiger partial charge < -0.3 is 0 Å². The van der Waals surface area contributed by atoms with E-state index >= 15 is 0 Å². The Labute approximate surface area is 166 Å². The number of aromatic nitrogens is 2. The van der Waals surface area contributed by atoms with Crippen LogP contribution >= 0.6 is 0 Å². The van der Waals surface area contributed by atoms with Crippen LogP contribution in [0.1, 0.15) is 17.0 Å². The number of rotatable bonds is 5. The summed E-state index contributed by atoms with van der Waals surface area (Å²) in [5, 5.41) is 0. The summed E-state index contributed by atoms with van der Waals surface area (Å²) in [5.41, 5.74) is 5.06. The van der Waals surface area contributed by atoms with Gasteiger partial charge in [0.1, 0.15) is 5.82 Å². The van der Waals surface area contributed by atoms with Crippen LogP contribution in [0.5, 0.6) is 0 Å². The third-order valence-electron chi connectivity index (χ3n) is 5.16. The number of fused-ring (bicyclic) bond motifs is 1. The van der Waals surface area contributed by atoms with Crippen LogP contribution < -0.4 is 0 Å². The molecule has 0 fully saturated rings. The zero-order valence-corrected chi connectivity index (χ0v) is 16.9. The molecule has 0 spiro atoms. The van der Waals surface area contributed by atoms with Crippen LogP contribution in [0.15, 0.2) is 60.9 Å². The minimum Gasteiger partial charge on any atom is -0.291 e. The summed E-state index contributed by atoms with van der Waals surface area (Å²) in [7, 11) is -0.499. The Hall–Kier alpha value is -2.48. The molecule has 7 heteroatoms. The second-order valence-corrected chi connectivity index (χ2v) is 9.26. The van der Waals surface area contributed by atoms with Crippen molar-refractivity contribution in [2.24, 2.45) is 0 Å². The lowest BCUT2D eigenvalue weighted by Crippen LogP contribution is -2.34. The van der Waals surface area contributed by atoms with E-state index in [-0.39, 0.29) is 0 Å². The van der Waals surface area contributed by atoms with E-state index in [1.807, 2.05) is 18.2 Å². The highest BCUT2D eigenvalue weighted by atomic mass is 32.2. The Kier molecular flexibility index (Phi) is 5.05. The smallest absolute Gasteiger partial charge is 0.291 e. The molecule has 4 rings (SSSR count). The predicted molar refractivity (Wildman–Crippen MR) is 110 cm³/mol. The van der Waals surface area contributed by atoms with Gasteiger partial charge in [0, 0.05) is 39.6 Å². The van der Waals surface area contributed by atoms with Gasteiger partial charge in [-0.3, -0.25) is 4.90 Å². The maximum absolute atomic E-state index is 12.5. The number of hydrogen-bond donors (Lipinski definition) is 0. The molecular weight excluding hydrogens is 372 g/mol. The predicted octanol–water partition coefficient (Wildman–Crippen LogP) is 2.76. The molecule has 1 aliphatic heterocycles. The molecule has 0 radical (unpaired) electrons. The molecule has 1 aliphatic rings. The van der Waals surface area contributed by atoms with Crippen molar-refractivity contribution in [3.63, 3.8) is 0 Å². The molecule has 0 aliphatic carbocycles. The highest BCUT2D eigenvalue weighted by Gasteiger charge is 2.23. The van der Waals surface area contributed by atoms with Gasteiger partial charge in [0.05, 0.1) is 6.54 Å². The van der Waals surface area contributed by atoms with Gasteiger partial charge in [0.2, 0.25) is 0 Å². The molecule has 0 atom stereocenters. The van der Waals surface area contributed by atoms with Crippen LogP contribution in [0.25, 0.3) is 11.1 Å². The third-order valence-corrected chi connectivity index (χ3v) is 6.91. The molecule has 146 valence electrons. The van der Waals surface area contributed by atoms with Crippen LogP contribution in [0.3, 0.4) is 0 Å². The molecule has 28 heavy (non-hydrogen) atoms. The van der Waals surface area contributed by atoms with Crippen LogP contribution in [0.4, 0.5) is 0 Å². The molecule has 0 saturated heterocycles. The normalized spacial score (nSPS) is 15.0.